The molecule has 1 aromatic carbocycles. The maximum Gasteiger partial charge on any atom is 0.282 e. The summed E-state index contributed by atoms with van der Waals surface area (Å²) in [7, 11) is 0. The fourth-order valence-corrected chi connectivity index (χ4v) is 0.969. The summed E-state index contributed by atoms with van der Waals surface area (Å²) in [6, 6.07) is 1.69. The molecule has 0 aromatic heterocycles. The van der Waals surface area contributed by atoms with E-state index in [1.165, 1.54) is 0 Å². The normalized spacial score (nSPS) is 10.7. The largest absolute Gasteiger partial charge is 0.365 e. The standard InChI is InChI=1S/C7H5ClN2O3/c8-4-1-2-6(10(12)13)5(3-4)7(9)11/h1-3H,(H2,9,11)/i1T. The molecule has 68 valence electrons. The fourth-order valence-electron chi connectivity index (χ4n) is 0.806. The third-order valence-electron chi connectivity index (χ3n) is 1.36. The molecule has 0 atom stereocenters. The van der Waals surface area contributed by atoms with Crippen LogP contribution in [0.4, 0.5) is 5.69 Å². The summed E-state index contributed by atoms with van der Waals surface area (Å²) in [6.07, 6.45) is 0. The Morgan fingerprint density at radius 2 is 2.38 bits per heavy atom. The summed E-state index contributed by atoms with van der Waals surface area (Å²) < 4.78 is 7.20. The van der Waals surface area contributed by atoms with Gasteiger partial charge in [0.15, 0.2) is 0 Å². The molecule has 0 heterocycles. The van der Waals surface area contributed by atoms with E-state index in [9.17, 15) is 14.9 Å². The molecule has 5 nitrogen and oxygen atoms in total. The van der Waals surface area contributed by atoms with Gasteiger partial charge in [0.1, 0.15) is 5.56 Å². The van der Waals surface area contributed by atoms with Crippen LogP contribution in [-0.2, 0) is 0 Å². The molecule has 0 unspecified atom stereocenters. The molecular weight excluding hydrogens is 196 g/mol. The molecule has 0 fully saturated rings. The molecule has 0 saturated heterocycles. The van der Waals surface area contributed by atoms with Crippen molar-refractivity contribution in [1.29, 1.82) is 0 Å². The second kappa shape index (κ2) is 3.40. The van der Waals surface area contributed by atoms with Gasteiger partial charge in [-0.25, -0.2) is 0 Å². The minimum absolute atomic E-state index is 0.0515. The second-order valence-electron chi connectivity index (χ2n) is 2.20. The van der Waals surface area contributed by atoms with Crippen molar-refractivity contribution in [2.75, 3.05) is 0 Å². The molecule has 0 aliphatic rings. The first kappa shape index (κ1) is 8.00. The first-order valence-corrected chi connectivity index (χ1v) is 3.55. The summed E-state index contributed by atoms with van der Waals surface area (Å²) in [5.74, 6) is -0.946. The van der Waals surface area contributed by atoms with Gasteiger partial charge in [0.25, 0.3) is 11.6 Å². The minimum atomic E-state index is -0.946. The Balaban J connectivity index is 3.46. The van der Waals surface area contributed by atoms with Gasteiger partial charge < -0.3 is 5.73 Å². The van der Waals surface area contributed by atoms with Crippen LogP contribution in [0.2, 0.25) is 5.02 Å². The van der Waals surface area contributed by atoms with Gasteiger partial charge in [0.2, 0.25) is 0 Å². The third-order valence-corrected chi connectivity index (χ3v) is 1.57. The van der Waals surface area contributed by atoms with Crippen molar-refractivity contribution in [2.45, 2.75) is 0 Å². The molecule has 6 heteroatoms. The predicted molar refractivity (Wildman–Crippen MR) is 46.6 cm³/mol. The highest BCUT2D eigenvalue weighted by atomic mass is 35.5. The summed E-state index contributed by atoms with van der Waals surface area (Å²) >= 11 is 5.52. The number of nitro benzene ring substituents is 1. The number of rotatable bonds is 2. The van der Waals surface area contributed by atoms with Gasteiger partial charge in [-0.05, 0) is 12.1 Å². The lowest BCUT2D eigenvalue weighted by atomic mass is 10.2. The van der Waals surface area contributed by atoms with Crippen LogP contribution in [0.25, 0.3) is 0 Å². The Kier molecular flexibility index (Phi) is 2.09. The Morgan fingerprint density at radius 1 is 1.77 bits per heavy atom. The smallest absolute Gasteiger partial charge is 0.282 e. The number of halogens is 1. The summed E-state index contributed by atoms with van der Waals surface area (Å²) in [6.45, 7) is 0. The molecule has 13 heavy (non-hydrogen) atoms. The van der Waals surface area contributed by atoms with Crippen LogP contribution < -0.4 is 5.73 Å². The first-order valence-electron chi connectivity index (χ1n) is 3.68. The van der Waals surface area contributed by atoms with Crippen LogP contribution in [0.1, 0.15) is 11.7 Å². The quantitative estimate of drug-likeness (QED) is 0.580. The average molecular weight is 203 g/mol. The number of carbonyl (C=O) groups is 1. The molecule has 0 aliphatic heterocycles. The lowest BCUT2D eigenvalue weighted by Crippen LogP contribution is -2.13. The molecule has 0 spiro atoms. The zero-order chi connectivity index (χ0) is 10.9. The molecule has 1 aromatic rings. The second-order valence-corrected chi connectivity index (χ2v) is 2.61. The topological polar surface area (TPSA) is 86.2 Å². The van der Waals surface area contributed by atoms with Crippen LogP contribution >= 0.6 is 11.6 Å². The zero-order valence-electron chi connectivity index (χ0n) is 7.28. The Bertz CT molecular complexity index is 383. The van der Waals surface area contributed by atoms with Crippen molar-refractivity contribution in [3.8, 4) is 0 Å². The van der Waals surface area contributed by atoms with Gasteiger partial charge in [-0.15, -0.1) is 0 Å². The van der Waals surface area contributed by atoms with Crippen molar-refractivity contribution in [1.82, 2.24) is 0 Å². The van der Waals surface area contributed by atoms with Gasteiger partial charge in [0, 0.05) is 11.1 Å². The van der Waals surface area contributed by atoms with Crippen LogP contribution in [0.5, 0.6) is 0 Å². The van der Waals surface area contributed by atoms with E-state index in [1.54, 1.807) is 0 Å². The number of nitro groups is 1. The van der Waals surface area contributed by atoms with E-state index in [0.29, 0.717) is 0 Å². The van der Waals surface area contributed by atoms with E-state index >= 15 is 0 Å². The monoisotopic (exact) mass is 202 g/mol. The number of benzene rings is 1. The number of primary amides is 1. The van der Waals surface area contributed by atoms with E-state index in [2.05, 4.69) is 0 Å². The highest BCUT2D eigenvalue weighted by Crippen LogP contribution is 2.21. The SMILES string of the molecule is [3H]c1cc([N+](=O)[O-])c(C(N)=O)cc1Cl. The van der Waals surface area contributed by atoms with Crippen molar-refractivity contribution in [2.24, 2.45) is 5.73 Å². The molecule has 2 N–H and O–H groups in total. The van der Waals surface area contributed by atoms with E-state index in [0.717, 1.165) is 12.1 Å². The highest BCUT2D eigenvalue weighted by molar-refractivity contribution is 6.31. The van der Waals surface area contributed by atoms with E-state index in [-0.39, 0.29) is 16.6 Å². The van der Waals surface area contributed by atoms with Gasteiger partial charge >= 0.3 is 0 Å². The molecular formula is C7H5ClN2O3. The van der Waals surface area contributed by atoms with E-state index in [4.69, 9.17) is 18.7 Å². The minimum Gasteiger partial charge on any atom is -0.365 e. The first-order chi connectivity index (χ1) is 6.43. The predicted octanol–water partition coefficient (Wildman–Crippen LogP) is 1.35. The number of carbonyl (C=O) groups excluding carboxylic acids is 1. The van der Waals surface area contributed by atoms with Crippen LogP contribution in [0.15, 0.2) is 18.2 Å². The molecule has 0 bridgehead atoms. The highest BCUT2D eigenvalue weighted by Gasteiger charge is 2.17. The van der Waals surface area contributed by atoms with Gasteiger partial charge in [-0.1, -0.05) is 11.6 Å². The Morgan fingerprint density at radius 3 is 2.85 bits per heavy atom. The lowest BCUT2D eigenvalue weighted by Gasteiger charge is -1.98. The van der Waals surface area contributed by atoms with Crippen LogP contribution in [0.3, 0.4) is 0 Å². The maximum atomic E-state index is 10.8. The fraction of sp³-hybridized carbons (Fsp3) is 0. The number of amides is 1. The third kappa shape index (κ3) is 1.94. The molecule has 0 radical (unpaired) electrons. The van der Waals surface area contributed by atoms with Gasteiger partial charge in [0.05, 0.1) is 6.29 Å². The van der Waals surface area contributed by atoms with Gasteiger partial charge in [-0.3, -0.25) is 14.9 Å². The van der Waals surface area contributed by atoms with Gasteiger partial charge in [-0.2, -0.15) is 0 Å². The summed E-state index contributed by atoms with van der Waals surface area (Å²) in [5, 5.41) is 10.4. The molecule has 1 rings (SSSR count). The van der Waals surface area contributed by atoms with E-state index in [1.807, 2.05) is 0 Å². The molecule has 0 saturated carbocycles. The van der Waals surface area contributed by atoms with Crippen molar-refractivity contribution < 1.29 is 11.1 Å². The van der Waals surface area contributed by atoms with Crippen LogP contribution in [0, 0.1) is 10.1 Å². The van der Waals surface area contributed by atoms with Crippen LogP contribution in [-0.4, -0.2) is 10.8 Å². The molecule has 0 aliphatic carbocycles. The Hall–Kier alpha value is -1.62. The zero-order valence-corrected chi connectivity index (χ0v) is 7.04. The Labute approximate surface area is 79.7 Å². The number of hydrogen-bond acceptors (Lipinski definition) is 3. The number of hydrogen-bond donors (Lipinski definition) is 1. The molecule has 1 amide bonds. The number of nitrogens with two attached hydrogens (primary N) is 1. The van der Waals surface area contributed by atoms with Crippen molar-refractivity contribution in [3.05, 3.63) is 38.9 Å². The summed E-state index contributed by atoms with van der Waals surface area (Å²) in [5.41, 5.74) is 4.11. The maximum absolute atomic E-state index is 10.8. The lowest BCUT2D eigenvalue weighted by molar-refractivity contribution is -0.385. The van der Waals surface area contributed by atoms with E-state index < -0.39 is 16.5 Å². The average Bonchev–Trinajstić information content (AvgIpc) is 2.08. The summed E-state index contributed by atoms with van der Waals surface area (Å²) in [4.78, 5) is 20.5. The number of nitrogens with zero attached hydrogens (tertiary/aromatic N) is 1. The van der Waals surface area contributed by atoms with Crippen molar-refractivity contribution in [3.63, 3.8) is 0 Å². The van der Waals surface area contributed by atoms with Crippen molar-refractivity contribution >= 4 is 23.2 Å².